The lowest BCUT2D eigenvalue weighted by Crippen LogP contribution is -2.34. The molecule has 0 saturated carbocycles. The molecule has 0 aliphatic rings. The van der Waals surface area contributed by atoms with Crippen molar-refractivity contribution in [3.8, 4) is 56.8 Å². The van der Waals surface area contributed by atoms with E-state index in [0.29, 0.717) is 96.4 Å². The molecule has 0 spiro atoms. The van der Waals surface area contributed by atoms with Crippen LogP contribution in [0.2, 0.25) is 0 Å². The molecular formula is C134H203N5O10. The summed E-state index contributed by atoms with van der Waals surface area (Å²) < 4.78 is 42.7. The molecule has 0 atom stereocenters. The Morgan fingerprint density at radius 1 is 0.208 bits per heavy atom. The van der Waals surface area contributed by atoms with E-state index >= 15 is 0 Å². The van der Waals surface area contributed by atoms with Gasteiger partial charge in [0.15, 0.2) is 23.0 Å². The average Bonchev–Trinajstić information content (AvgIpc) is 1.53. The molecule has 824 valence electrons. The van der Waals surface area contributed by atoms with Crippen LogP contribution in [0.25, 0.3) is 76.4 Å². The third-order valence-electron chi connectivity index (χ3n) is 31.0. The largest absolute Gasteiger partial charge is 0.490 e. The molecule has 9 aromatic carbocycles. The fourth-order valence-corrected chi connectivity index (χ4v) is 22.0. The summed E-state index contributed by atoms with van der Waals surface area (Å²) in [6, 6.07) is 41.8. The first-order valence-corrected chi connectivity index (χ1v) is 62.0. The van der Waals surface area contributed by atoms with Crippen molar-refractivity contribution in [1.29, 1.82) is 0 Å². The van der Waals surface area contributed by atoms with Crippen LogP contribution in [-0.4, -0.2) is 94.0 Å². The van der Waals surface area contributed by atoms with Gasteiger partial charge in [-0.3, -0.25) is 19.2 Å². The summed E-state index contributed by atoms with van der Waals surface area (Å²) >= 11 is 0. The van der Waals surface area contributed by atoms with Gasteiger partial charge in [0.2, 0.25) is 11.5 Å². The van der Waals surface area contributed by atoms with Gasteiger partial charge in [0.25, 0.3) is 23.6 Å². The second-order valence-electron chi connectivity index (χ2n) is 43.7. The number of ether oxygens (including phenoxy) is 6. The molecule has 0 radical (unpaired) electrons. The minimum absolute atomic E-state index is 0.212. The van der Waals surface area contributed by atoms with E-state index < -0.39 is 0 Å². The van der Waals surface area contributed by atoms with Crippen LogP contribution < -0.4 is 49.7 Å². The highest BCUT2D eigenvalue weighted by Crippen LogP contribution is 2.52. The molecular weight excluding hydrogens is 1840 g/mol. The fourth-order valence-electron chi connectivity index (χ4n) is 22.0. The van der Waals surface area contributed by atoms with Crippen molar-refractivity contribution in [3.05, 3.63) is 144 Å². The number of hydrogen-bond donors (Lipinski definition) is 4. The Morgan fingerprint density at radius 3 is 0.644 bits per heavy atom. The fraction of sp³-hybridized carbons (Fsp3) is 0.642. The van der Waals surface area contributed by atoms with Crippen molar-refractivity contribution in [1.82, 2.24) is 25.8 Å². The number of fused-ring (bicyclic) bond motifs is 1. The quantitative estimate of drug-likeness (QED) is 0.0163. The molecule has 15 heteroatoms. The van der Waals surface area contributed by atoms with Crippen molar-refractivity contribution >= 4 is 77.8 Å². The smallest absolute Gasteiger partial charge is 0.251 e. The molecule has 0 aliphatic heterocycles. The van der Waals surface area contributed by atoms with E-state index in [9.17, 15) is 19.2 Å². The normalized spacial score (nSPS) is 11.7. The maximum atomic E-state index is 14.5. The number of nitrogens with zero attached hydrogens (tertiary/aromatic N) is 1. The molecule has 10 aromatic rings. The lowest BCUT2D eigenvalue weighted by atomic mass is 9.85. The van der Waals surface area contributed by atoms with Crippen LogP contribution in [0.5, 0.6) is 34.5 Å². The third-order valence-corrected chi connectivity index (χ3v) is 31.0. The number of aryl methyl sites for hydroxylation is 1. The highest BCUT2D eigenvalue weighted by atomic mass is 16.5. The Balaban J connectivity index is 0.828. The average molecular weight is 2040 g/mol. The van der Waals surface area contributed by atoms with Gasteiger partial charge in [-0.05, 0) is 149 Å². The molecule has 0 fully saturated rings. The van der Waals surface area contributed by atoms with E-state index in [1.165, 1.54) is 390 Å². The molecule has 0 saturated heterocycles. The number of carbonyl (C=O) groups excluding carboxylic acids is 4. The zero-order valence-corrected chi connectivity index (χ0v) is 94.9. The van der Waals surface area contributed by atoms with Crippen LogP contribution in [0.3, 0.4) is 0 Å². The van der Waals surface area contributed by atoms with E-state index in [0.717, 1.165) is 129 Å². The van der Waals surface area contributed by atoms with Gasteiger partial charge >= 0.3 is 0 Å². The zero-order valence-electron chi connectivity index (χ0n) is 94.9. The van der Waals surface area contributed by atoms with E-state index in [2.05, 4.69) is 147 Å². The van der Waals surface area contributed by atoms with Crippen LogP contribution in [0.4, 0.5) is 0 Å². The van der Waals surface area contributed by atoms with Gasteiger partial charge in [0.1, 0.15) is 0 Å². The summed E-state index contributed by atoms with van der Waals surface area (Å²) in [5.41, 5.74) is 8.62. The Kier molecular flexibility index (Phi) is 61.6. The predicted molar refractivity (Wildman–Crippen MR) is 634 cm³/mol. The Morgan fingerprint density at radius 2 is 0.409 bits per heavy atom. The van der Waals surface area contributed by atoms with Crippen LogP contribution >= 0.6 is 0 Å². The second-order valence-corrected chi connectivity index (χ2v) is 43.7. The van der Waals surface area contributed by atoms with Gasteiger partial charge in [-0.15, -0.1) is 0 Å². The van der Waals surface area contributed by atoms with Crippen molar-refractivity contribution in [2.75, 3.05) is 65.8 Å². The number of hydrogen-bond acceptors (Lipinski definition) is 10. The summed E-state index contributed by atoms with van der Waals surface area (Å²) in [7, 11) is 0. The van der Waals surface area contributed by atoms with Crippen LogP contribution in [0.1, 0.15) is 527 Å². The molecule has 15 nitrogen and oxygen atoms in total. The number of nitrogens with one attached hydrogen (secondary N) is 4. The van der Waals surface area contributed by atoms with Gasteiger partial charge in [-0.2, -0.15) is 0 Å². The van der Waals surface area contributed by atoms with E-state index in [1.807, 2.05) is 48.5 Å². The summed E-state index contributed by atoms with van der Waals surface area (Å²) in [6.07, 6.45) is 83.7. The minimum Gasteiger partial charge on any atom is -0.490 e. The zero-order chi connectivity index (χ0) is 105. The number of aromatic nitrogens is 1. The number of amides is 4. The van der Waals surface area contributed by atoms with Crippen molar-refractivity contribution in [2.45, 2.75) is 492 Å². The molecule has 0 aliphatic carbocycles. The molecule has 0 bridgehead atoms. The molecule has 1 heterocycles. The Bertz CT molecular complexity index is 4840. The number of unbranched alkanes of at least 4 members (excludes halogenated alkanes) is 61. The first-order valence-electron chi connectivity index (χ1n) is 62.0. The predicted octanol–water partition coefficient (Wildman–Crippen LogP) is 38.7. The maximum absolute atomic E-state index is 14.5. The Labute approximate surface area is 903 Å². The summed E-state index contributed by atoms with van der Waals surface area (Å²) in [5, 5.41) is 22.3. The van der Waals surface area contributed by atoms with Gasteiger partial charge in [0, 0.05) is 76.5 Å². The van der Waals surface area contributed by atoms with Gasteiger partial charge in [0.05, 0.1) is 50.7 Å². The van der Waals surface area contributed by atoms with Gasteiger partial charge < -0.3 is 54.3 Å². The lowest BCUT2D eigenvalue weighted by Gasteiger charge is -2.19. The number of rotatable bonds is 93. The first kappa shape index (κ1) is 122. The maximum Gasteiger partial charge on any atom is 0.251 e. The molecule has 4 amide bonds. The molecule has 4 N–H and O–H groups in total. The topological polar surface area (TPSA) is 177 Å². The van der Waals surface area contributed by atoms with Crippen LogP contribution in [-0.2, 0) is 6.54 Å². The van der Waals surface area contributed by atoms with E-state index in [1.54, 1.807) is 0 Å². The van der Waals surface area contributed by atoms with E-state index in [-0.39, 0.29) is 49.8 Å². The highest BCUT2D eigenvalue weighted by molar-refractivity contribution is 6.42. The SMILES string of the molecule is CCCCCCCCCCCCOc1cc(C(=O)NCCNC(=O)c2ccc(-c3cc4c5c6c3cccc6c3cccc6c(-c7ccc(C(=O)NCCNC(=O)c8cc(OCCCCCCCCCCCC)c(OCCCCCCCCCCCC)c(OCCCCCCCCCCCC)c8)cc7)cc(c5c63)n4CCCCCCCCCC)cc2)cc(OCCCCCCCCCCCC)c1OCCCCCCCCCCCC. The second kappa shape index (κ2) is 75.5. The summed E-state index contributed by atoms with van der Waals surface area (Å²) in [6.45, 7) is 20.9. The monoisotopic (exact) mass is 2040 g/mol. The Hall–Kier alpha value is -9.24. The number of benzene rings is 9. The summed E-state index contributed by atoms with van der Waals surface area (Å²) in [4.78, 5) is 57.6. The van der Waals surface area contributed by atoms with Crippen molar-refractivity contribution < 1.29 is 47.6 Å². The summed E-state index contributed by atoms with van der Waals surface area (Å²) in [5.74, 6) is 2.46. The number of carbonyl (C=O) groups is 4. The molecule has 149 heavy (non-hydrogen) atoms. The third kappa shape index (κ3) is 43.3. The van der Waals surface area contributed by atoms with Gasteiger partial charge in [-0.25, -0.2) is 0 Å². The van der Waals surface area contributed by atoms with Crippen LogP contribution in [0.15, 0.2) is 121 Å². The first-order chi connectivity index (χ1) is 73.5. The molecule has 1 aromatic heterocycles. The van der Waals surface area contributed by atoms with Crippen molar-refractivity contribution in [2.24, 2.45) is 0 Å². The molecule has 0 unspecified atom stereocenters. The lowest BCUT2D eigenvalue weighted by molar-refractivity contribution is 0.0927. The minimum atomic E-state index is -0.261. The van der Waals surface area contributed by atoms with Crippen LogP contribution in [0, 0.1) is 0 Å². The highest BCUT2D eigenvalue weighted by Gasteiger charge is 2.28. The van der Waals surface area contributed by atoms with Crippen molar-refractivity contribution in [3.63, 3.8) is 0 Å². The standard InChI is InChI=1S/C134H203N5O10/c1-8-15-22-29-36-43-49-56-63-70-95-144-121-101-111(102-122(145-96-71-64-57-50-44-37-30-23-16-9-2)129(121)148-99-74-67-60-53-47-40-33-26-19-12-5)133(142)137-92-90-135-131(140)109-86-82-107(83-87-109)117-105-119-127-125-113(78-76-80-115(117)125)114-79-77-81-116-118(106-120(128(127)126(114)116)139(119)94-69-62-55-42-35-28-21-14-7)108-84-88-110(89-85-108)132(141)136-91-93-138-134(143)112-103-123(146-97-72-65-58-51-45-38-31-24-17-10-3)130(149-100-75-68-61-54-48-41-34-27-20-13-6)124(104-112)147-98-73-66-59-52-46-39-32-25-18-11-4/h76-89,101-106H,8-75,90-100H2,1-7H3,(H,135,140)(H,136,141)(H,137,142)(H,138,143). The van der Waals surface area contributed by atoms with E-state index in [4.69, 9.17) is 28.4 Å². The molecule has 10 rings (SSSR count). The van der Waals surface area contributed by atoms with Gasteiger partial charge in [-0.1, -0.05) is 501 Å².